The van der Waals surface area contributed by atoms with E-state index in [1.807, 2.05) is 0 Å². The highest BCUT2D eigenvalue weighted by atomic mass is 19.4. The molecule has 0 radical (unpaired) electrons. The van der Waals surface area contributed by atoms with Gasteiger partial charge in [-0.05, 0) is 6.07 Å². The van der Waals surface area contributed by atoms with Crippen LogP contribution >= 0.6 is 0 Å². The Labute approximate surface area is 97.8 Å². The van der Waals surface area contributed by atoms with Gasteiger partial charge in [0.2, 0.25) is 5.88 Å². The number of hydrogen-bond acceptors (Lipinski definition) is 3. The monoisotopic (exact) mass is 274 g/mol. The van der Waals surface area contributed by atoms with E-state index >= 15 is 0 Å². The molecule has 102 valence electrons. The van der Waals surface area contributed by atoms with Crippen LogP contribution in [0.4, 0.5) is 32.2 Å². The van der Waals surface area contributed by atoms with E-state index in [1.54, 1.807) is 0 Å². The number of halogens is 6. The molecule has 0 spiro atoms. The number of alkyl halides is 6. The number of rotatable bonds is 3. The molecule has 0 aromatic carbocycles. The molecule has 0 fully saturated rings. The molecule has 0 saturated carbocycles. The Morgan fingerprint density at radius 3 is 2.11 bits per heavy atom. The summed E-state index contributed by atoms with van der Waals surface area (Å²) in [5.41, 5.74) is 0. The Morgan fingerprint density at radius 2 is 1.67 bits per heavy atom. The van der Waals surface area contributed by atoms with Gasteiger partial charge in [0.1, 0.15) is 5.82 Å². The Morgan fingerprint density at radius 1 is 1.11 bits per heavy atom. The standard InChI is InChI=1S/C9H8F6N2O/c1-16-5-3-2-4-6(17-5)18-7(8(10,11)12)9(13,14)15/h2-4,7H,1H3,(H,16,17). The third-order valence-corrected chi connectivity index (χ3v) is 1.81. The minimum atomic E-state index is -5.56. The molecule has 3 nitrogen and oxygen atoms in total. The first-order valence-electron chi connectivity index (χ1n) is 4.59. The van der Waals surface area contributed by atoms with Gasteiger partial charge in [-0.3, -0.25) is 0 Å². The normalized spacial score (nSPS) is 12.7. The van der Waals surface area contributed by atoms with Gasteiger partial charge in [0.15, 0.2) is 0 Å². The molecule has 0 atom stereocenters. The van der Waals surface area contributed by atoms with E-state index in [2.05, 4.69) is 15.0 Å². The summed E-state index contributed by atoms with van der Waals surface area (Å²) in [7, 11) is 1.41. The second-order valence-corrected chi connectivity index (χ2v) is 3.19. The van der Waals surface area contributed by atoms with E-state index in [1.165, 1.54) is 19.2 Å². The van der Waals surface area contributed by atoms with Crippen molar-refractivity contribution in [2.24, 2.45) is 0 Å². The van der Waals surface area contributed by atoms with E-state index in [4.69, 9.17) is 0 Å². The van der Waals surface area contributed by atoms with Crippen molar-refractivity contribution in [3.8, 4) is 5.88 Å². The molecule has 0 amide bonds. The molecule has 1 aromatic heterocycles. The van der Waals surface area contributed by atoms with Gasteiger partial charge >= 0.3 is 12.4 Å². The molecule has 1 N–H and O–H groups in total. The van der Waals surface area contributed by atoms with E-state index in [-0.39, 0.29) is 5.82 Å². The Hall–Kier alpha value is -1.67. The van der Waals surface area contributed by atoms with Crippen LogP contribution in [0, 0.1) is 0 Å². The molecule has 0 bridgehead atoms. The third kappa shape index (κ3) is 3.67. The average Bonchev–Trinajstić information content (AvgIpc) is 2.23. The quantitative estimate of drug-likeness (QED) is 0.860. The molecule has 9 heteroatoms. The molecule has 1 rings (SSSR count). The average molecular weight is 274 g/mol. The van der Waals surface area contributed by atoms with Crippen molar-refractivity contribution in [3.63, 3.8) is 0 Å². The molecule has 18 heavy (non-hydrogen) atoms. The van der Waals surface area contributed by atoms with E-state index in [0.717, 1.165) is 6.07 Å². The predicted octanol–water partition coefficient (Wildman–Crippen LogP) is 3.00. The molecule has 1 aromatic rings. The van der Waals surface area contributed by atoms with Crippen LogP contribution in [0.25, 0.3) is 0 Å². The van der Waals surface area contributed by atoms with Crippen LogP contribution in [0.15, 0.2) is 18.2 Å². The zero-order valence-electron chi connectivity index (χ0n) is 8.93. The van der Waals surface area contributed by atoms with Crippen molar-refractivity contribution in [2.75, 3.05) is 12.4 Å². The Kier molecular flexibility index (Phi) is 3.92. The van der Waals surface area contributed by atoms with Crippen molar-refractivity contribution in [3.05, 3.63) is 18.2 Å². The molecular formula is C9H8F6N2O. The number of ether oxygens (including phenoxy) is 1. The second kappa shape index (κ2) is 4.91. The molecule has 1 heterocycles. The molecular weight excluding hydrogens is 266 g/mol. The van der Waals surface area contributed by atoms with Crippen molar-refractivity contribution < 1.29 is 31.1 Å². The Bertz CT molecular complexity index is 389. The number of nitrogens with zero attached hydrogens (tertiary/aromatic N) is 1. The molecule has 0 unspecified atom stereocenters. The molecule has 0 aliphatic carbocycles. The highest BCUT2D eigenvalue weighted by molar-refractivity contribution is 5.36. The maximum atomic E-state index is 12.2. The number of aromatic nitrogens is 1. The fourth-order valence-electron chi connectivity index (χ4n) is 1.06. The van der Waals surface area contributed by atoms with Crippen molar-refractivity contribution in [1.82, 2.24) is 4.98 Å². The zero-order valence-corrected chi connectivity index (χ0v) is 8.93. The van der Waals surface area contributed by atoms with Crippen LogP contribution in [0.1, 0.15) is 0 Å². The summed E-state index contributed by atoms with van der Waals surface area (Å²) in [6.07, 6.45) is -15.0. The SMILES string of the molecule is CNc1cccc(OC(C(F)(F)F)C(F)(F)F)n1. The minimum absolute atomic E-state index is 0.0931. The molecule has 0 aliphatic rings. The first kappa shape index (κ1) is 14.4. The molecule has 0 saturated heterocycles. The first-order valence-corrected chi connectivity index (χ1v) is 4.59. The topological polar surface area (TPSA) is 34.1 Å². The Balaban J connectivity index is 2.97. The summed E-state index contributed by atoms with van der Waals surface area (Å²) in [4.78, 5) is 3.42. The van der Waals surface area contributed by atoms with Gasteiger partial charge in [-0.1, -0.05) is 6.07 Å². The number of nitrogens with one attached hydrogen (secondary N) is 1. The fourth-order valence-corrected chi connectivity index (χ4v) is 1.06. The van der Waals surface area contributed by atoms with E-state index in [0.29, 0.717) is 0 Å². The lowest BCUT2D eigenvalue weighted by Crippen LogP contribution is -2.46. The first-order chi connectivity index (χ1) is 8.14. The van der Waals surface area contributed by atoms with Crippen LogP contribution in [0.5, 0.6) is 5.88 Å². The highest BCUT2D eigenvalue weighted by Crippen LogP contribution is 2.36. The highest BCUT2D eigenvalue weighted by Gasteiger charge is 2.59. The molecule has 0 aliphatic heterocycles. The van der Waals surface area contributed by atoms with Crippen LogP contribution in [-0.4, -0.2) is 30.5 Å². The third-order valence-electron chi connectivity index (χ3n) is 1.81. The summed E-state index contributed by atoms with van der Waals surface area (Å²) < 4.78 is 77.1. The van der Waals surface area contributed by atoms with E-state index < -0.39 is 24.3 Å². The second-order valence-electron chi connectivity index (χ2n) is 3.19. The zero-order chi connectivity index (χ0) is 14.0. The van der Waals surface area contributed by atoms with Crippen LogP contribution < -0.4 is 10.1 Å². The summed E-state index contributed by atoms with van der Waals surface area (Å²) >= 11 is 0. The van der Waals surface area contributed by atoms with Gasteiger partial charge in [-0.15, -0.1) is 0 Å². The lowest BCUT2D eigenvalue weighted by molar-refractivity contribution is -0.300. The number of hydrogen-bond donors (Lipinski definition) is 1. The van der Waals surface area contributed by atoms with Gasteiger partial charge in [0.25, 0.3) is 6.10 Å². The van der Waals surface area contributed by atoms with Crippen molar-refractivity contribution in [1.29, 1.82) is 0 Å². The fraction of sp³-hybridized carbons (Fsp3) is 0.444. The van der Waals surface area contributed by atoms with Gasteiger partial charge in [0, 0.05) is 13.1 Å². The maximum Gasteiger partial charge on any atom is 0.434 e. The predicted molar refractivity (Wildman–Crippen MR) is 50.3 cm³/mol. The van der Waals surface area contributed by atoms with Crippen molar-refractivity contribution >= 4 is 5.82 Å². The number of anilines is 1. The lowest BCUT2D eigenvalue weighted by Gasteiger charge is -2.23. The van der Waals surface area contributed by atoms with Crippen LogP contribution in [0.2, 0.25) is 0 Å². The van der Waals surface area contributed by atoms with E-state index in [9.17, 15) is 26.3 Å². The summed E-state index contributed by atoms with van der Waals surface area (Å²) in [6, 6.07) is 3.49. The van der Waals surface area contributed by atoms with Gasteiger partial charge in [-0.2, -0.15) is 31.3 Å². The smallest absolute Gasteiger partial charge is 0.434 e. The maximum absolute atomic E-state index is 12.2. The van der Waals surface area contributed by atoms with Gasteiger partial charge in [0.05, 0.1) is 0 Å². The number of pyridine rings is 1. The van der Waals surface area contributed by atoms with Crippen LogP contribution in [0.3, 0.4) is 0 Å². The van der Waals surface area contributed by atoms with Crippen LogP contribution in [-0.2, 0) is 0 Å². The summed E-state index contributed by atoms with van der Waals surface area (Å²) in [5.74, 6) is -0.669. The largest absolute Gasteiger partial charge is 0.455 e. The summed E-state index contributed by atoms with van der Waals surface area (Å²) in [6.45, 7) is 0. The van der Waals surface area contributed by atoms with Gasteiger partial charge < -0.3 is 10.1 Å². The van der Waals surface area contributed by atoms with Crippen molar-refractivity contribution in [2.45, 2.75) is 18.5 Å². The van der Waals surface area contributed by atoms with Gasteiger partial charge in [-0.25, -0.2) is 0 Å². The lowest BCUT2D eigenvalue weighted by atomic mass is 10.3. The summed E-state index contributed by atoms with van der Waals surface area (Å²) in [5, 5.41) is 2.46. The minimum Gasteiger partial charge on any atom is -0.455 e.